The number of hydrogen-bond donors (Lipinski definition) is 2. The van der Waals surface area contributed by atoms with Crippen LogP contribution in [-0.4, -0.2) is 30.0 Å². The van der Waals surface area contributed by atoms with E-state index in [4.69, 9.17) is 26.4 Å². The van der Waals surface area contributed by atoms with Crippen LogP contribution in [0.4, 0.5) is 0 Å². The van der Waals surface area contributed by atoms with Gasteiger partial charge in [-0.15, -0.1) is 0 Å². The van der Waals surface area contributed by atoms with E-state index < -0.39 is 11.6 Å². The average molecular weight is 348 g/mol. The van der Waals surface area contributed by atoms with E-state index in [1.807, 2.05) is 25.1 Å². The normalized spacial score (nSPS) is 27.0. The van der Waals surface area contributed by atoms with Crippen molar-refractivity contribution in [2.45, 2.75) is 25.6 Å². The van der Waals surface area contributed by atoms with E-state index >= 15 is 0 Å². The van der Waals surface area contributed by atoms with E-state index in [0.717, 1.165) is 5.56 Å². The monoisotopic (exact) mass is 348 g/mol. The lowest BCUT2D eigenvalue weighted by Gasteiger charge is -2.50. The molecule has 0 spiro atoms. The van der Waals surface area contributed by atoms with Crippen LogP contribution in [0.25, 0.3) is 0 Å². The summed E-state index contributed by atoms with van der Waals surface area (Å²) < 4.78 is 17.1. The molecule has 1 aromatic rings. The topological polar surface area (TPSA) is 68.8 Å². The molecule has 3 rings (SSSR count). The molecule has 0 aromatic heterocycles. The highest BCUT2D eigenvalue weighted by atomic mass is 32.1. The SMILES string of the molecule is C=CCOC(=O)[C@H]1[C@H]2NC(=S)N[C@@]1(C)Oc1c(OCC)cccc12. The molecule has 2 N–H and O–H groups in total. The van der Waals surface area contributed by atoms with Gasteiger partial charge in [-0.2, -0.15) is 0 Å². The van der Waals surface area contributed by atoms with Gasteiger partial charge in [-0.1, -0.05) is 24.8 Å². The first-order valence-electron chi connectivity index (χ1n) is 7.81. The molecule has 7 heteroatoms. The Kier molecular flexibility index (Phi) is 4.36. The number of nitrogens with one attached hydrogen (secondary N) is 2. The van der Waals surface area contributed by atoms with E-state index in [2.05, 4.69) is 17.2 Å². The quantitative estimate of drug-likeness (QED) is 0.479. The molecule has 2 aliphatic heterocycles. The van der Waals surface area contributed by atoms with Gasteiger partial charge in [0, 0.05) is 5.56 Å². The van der Waals surface area contributed by atoms with Crippen LogP contribution in [0.2, 0.25) is 0 Å². The molecule has 6 nitrogen and oxygen atoms in total. The third-order valence-corrected chi connectivity index (χ3v) is 4.35. The Morgan fingerprint density at radius 3 is 3.04 bits per heavy atom. The van der Waals surface area contributed by atoms with Gasteiger partial charge in [0.1, 0.15) is 12.5 Å². The van der Waals surface area contributed by atoms with Crippen LogP contribution >= 0.6 is 12.2 Å². The largest absolute Gasteiger partial charge is 0.490 e. The molecule has 0 unspecified atom stereocenters. The Morgan fingerprint density at radius 2 is 2.33 bits per heavy atom. The second kappa shape index (κ2) is 6.32. The summed E-state index contributed by atoms with van der Waals surface area (Å²) in [5, 5.41) is 6.65. The number of fused-ring (bicyclic) bond motifs is 4. The molecule has 0 amide bonds. The van der Waals surface area contributed by atoms with Crippen LogP contribution in [0.3, 0.4) is 0 Å². The van der Waals surface area contributed by atoms with Gasteiger partial charge in [-0.25, -0.2) is 0 Å². The maximum atomic E-state index is 12.6. The summed E-state index contributed by atoms with van der Waals surface area (Å²) in [5.41, 5.74) is -0.200. The molecular weight excluding hydrogens is 328 g/mol. The highest BCUT2D eigenvalue weighted by molar-refractivity contribution is 7.80. The molecule has 2 heterocycles. The fourth-order valence-electron chi connectivity index (χ4n) is 3.19. The van der Waals surface area contributed by atoms with Gasteiger partial charge >= 0.3 is 5.97 Å². The van der Waals surface area contributed by atoms with E-state index in [1.165, 1.54) is 6.08 Å². The number of hydrogen-bond acceptors (Lipinski definition) is 5. The molecule has 0 radical (unpaired) electrons. The van der Waals surface area contributed by atoms with Crippen molar-refractivity contribution < 1.29 is 19.0 Å². The summed E-state index contributed by atoms with van der Waals surface area (Å²) in [4.78, 5) is 12.6. The number of carbonyl (C=O) groups is 1. The smallest absolute Gasteiger partial charge is 0.317 e. The minimum Gasteiger partial charge on any atom is -0.490 e. The first-order valence-corrected chi connectivity index (χ1v) is 8.22. The number of para-hydroxylation sites is 1. The maximum absolute atomic E-state index is 12.6. The lowest BCUT2D eigenvalue weighted by Crippen LogP contribution is -2.70. The van der Waals surface area contributed by atoms with Crippen molar-refractivity contribution in [3.05, 3.63) is 36.4 Å². The Bertz CT molecular complexity index is 693. The standard InChI is InChI=1S/C17H20N2O4S/c1-4-9-22-15(20)12-13-10-7-6-8-11(21-5-2)14(10)23-17(12,3)19-16(24)18-13/h4,6-8,12-13H,1,5,9H2,2-3H3,(H2,18,19,24)/t12-,13+,17+/m1/s1. The third-order valence-electron chi connectivity index (χ3n) is 4.13. The van der Waals surface area contributed by atoms with Crippen LogP contribution in [-0.2, 0) is 9.53 Å². The van der Waals surface area contributed by atoms with Crippen molar-refractivity contribution in [2.24, 2.45) is 5.92 Å². The van der Waals surface area contributed by atoms with Crippen molar-refractivity contribution in [2.75, 3.05) is 13.2 Å². The number of esters is 1. The van der Waals surface area contributed by atoms with Gasteiger partial charge < -0.3 is 24.8 Å². The summed E-state index contributed by atoms with van der Waals surface area (Å²) in [6.45, 7) is 7.94. The molecule has 128 valence electrons. The Morgan fingerprint density at radius 1 is 1.54 bits per heavy atom. The molecule has 0 aliphatic carbocycles. The van der Waals surface area contributed by atoms with Crippen molar-refractivity contribution in [3.63, 3.8) is 0 Å². The van der Waals surface area contributed by atoms with Crippen LogP contribution in [0.15, 0.2) is 30.9 Å². The molecule has 2 aliphatic rings. The molecule has 3 atom stereocenters. The molecule has 0 saturated carbocycles. The van der Waals surface area contributed by atoms with Crippen molar-refractivity contribution in [1.82, 2.24) is 10.6 Å². The summed E-state index contributed by atoms with van der Waals surface area (Å²) >= 11 is 5.27. The predicted molar refractivity (Wildman–Crippen MR) is 92.9 cm³/mol. The van der Waals surface area contributed by atoms with Crippen LogP contribution < -0.4 is 20.1 Å². The lowest BCUT2D eigenvalue weighted by molar-refractivity contribution is -0.161. The van der Waals surface area contributed by atoms with Gasteiger partial charge in [0.15, 0.2) is 22.3 Å². The average Bonchev–Trinajstić information content (AvgIpc) is 2.52. The zero-order valence-corrected chi connectivity index (χ0v) is 14.4. The van der Waals surface area contributed by atoms with Gasteiger partial charge in [-0.05, 0) is 32.1 Å². The third kappa shape index (κ3) is 2.69. The van der Waals surface area contributed by atoms with Gasteiger partial charge in [-0.3, -0.25) is 4.79 Å². The minimum atomic E-state index is -1.02. The van der Waals surface area contributed by atoms with Gasteiger partial charge in [0.2, 0.25) is 0 Å². The number of rotatable bonds is 5. The Labute approximate surface area is 146 Å². The summed E-state index contributed by atoms with van der Waals surface area (Å²) in [7, 11) is 0. The van der Waals surface area contributed by atoms with Crippen molar-refractivity contribution in [3.8, 4) is 11.5 Å². The number of carbonyl (C=O) groups excluding carboxylic acids is 1. The molecular formula is C17H20N2O4S. The predicted octanol–water partition coefficient (Wildman–Crippen LogP) is 2.06. The number of ether oxygens (including phenoxy) is 3. The minimum absolute atomic E-state index is 0.147. The van der Waals surface area contributed by atoms with Crippen LogP contribution in [0.5, 0.6) is 11.5 Å². The van der Waals surface area contributed by atoms with E-state index in [9.17, 15) is 4.79 Å². The van der Waals surface area contributed by atoms with Gasteiger partial charge in [0.05, 0.1) is 12.6 Å². The fraction of sp³-hybridized carbons (Fsp3) is 0.412. The second-order valence-corrected chi connectivity index (χ2v) is 6.20. The summed E-state index contributed by atoms with van der Waals surface area (Å²) in [5.74, 6) is 0.272. The van der Waals surface area contributed by atoms with E-state index in [0.29, 0.717) is 23.2 Å². The number of thiocarbonyl (C=S) groups is 1. The highest BCUT2D eigenvalue weighted by Gasteiger charge is 2.56. The molecule has 1 aromatic carbocycles. The maximum Gasteiger partial charge on any atom is 0.317 e. The van der Waals surface area contributed by atoms with Gasteiger partial charge in [0.25, 0.3) is 0 Å². The summed E-state index contributed by atoms with van der Waals surface area (Å²) in [6.07, 6.45) is 1.53. The first kappa shape index (κ1) is 16.6. The zero-order chi connectivity index (χ0) is 17.3. The van der Waals surface area contributed by atoms with Crippen LogP contribution in [0.1, 0.15) is 25.5 Å². The number of benzene rings is 1. The zero-order valence-electron chi connectivity index (χ0n) is 13.6. The Hall–Kier alpha value is -2.28. The molecule has 1 fully saturated rings. The van der Waals surface area contributed by atoms with Crippen molar-refractivity contribution in [1.29, 1.82) is 0 Å². The van der Waals surface area contributed by atoms with E-state index in [1.54, 1.807) is 6.92 Å². The molecule has 24 heavy (non-hydrogen) atoms. The van der Waals surface area contributed by atoms with Crippen molar-refractivity contribution >= 4 is 23.3 Å². The fourth-order valence-corrected chi connectivity index (χ4v) is 3.52. The second-order valence-electron chi connectivity index (χ2n) is 5.79. The van der Waals surface area contributed by atoms with Crippen LogP contribution in [0, 0.1) is 5.92 Å². The first-order chi connectivity index (χ1) is 11.5. The Balaban J connectivity index is 2.06. The molecule has 2 bridgehead atoms. The molecule has 1 saturated heterocycles. The summed E-state index contributed by atoms with van der Waals surface area (Å²) in [6, 6.07) is 5.26. The lowest BCUT2D eigenvalue weighted by atomic mass is 9.80. The van der Waals surface area contributed by atoms with E-state index in [-0.39, 0.29) is 18.6 Å². The highest BCUT2D eigenvalue weighted by Crippen LogP contribution is 2.48.